The molecule has 1 fully saturated rings. The minimum Gasteiger partial charge on any atom is -0.381 e. The molecule has 3 rings (SSSR count). The highest BCUT2D eigenvalue weighted by Crippen LogP contribution is 2.29. The van der Waals surface area contributed by atoms with Crippen molar-refractivity contribution in [2.24, 2.45) is 0 Å². The predicted molar refractivity (Wildman–Crippen MR) is 134 cm³/mol. The number of benzene rings is 2. The van der Waals surface area contributed by atoms with Crippen LogP contribution in [0.25, 0.3) is 0 Å². The molecule has 0 spiro atoms. The van der Waals surface area contributed by atoms with Crippen LogP contribution in [-0.4, -0.2) is 38.5 Å². The molecule has 2 N–H and O–H groups in total. The molecular formula is C25H37N3O3S. The van der Waals surface area contributed by atoms with Gasteiger partial charge in [-0.1, -0.05) is 12.1 Å². The number of nitrogens with zero attached hydrogens (tertiary/aromatic N) is 1. The van der Waals surface area contributed by atoms with Gasteiger partial charge in [0.2, 0.25) is 10.0 Å². The quantitative estimate of drug-likeness (QED) is 0.631. The Balaban J connectivity index is 1.67. The monoisotopic (exact) mass is 459 g/mol. The summed E-state index contributed by atoms with van der Waals surface area (Å²) in [6.45, 7) is 16.0. The summed E-state index contributed by atoms with van der Waals surface area (Å²) in [5.74, 6) is 0. The number of sulfonamides is 1. The van der Waals surface area contributed by atoms with Crippen molar-refractivity contribution in [2.75, 3.05) is 28.0 Å². The summed E-state index contributed by atoms with van der Waals surface area (Å²) in [5, 5.41) is 3.56. The molecular weight excluding hydrogens is 422 g/mol. The largest absolute Gasteiger partial charge is 0.381 e. The average molecular weight is 460 g/mol. The fraction of sp³-hybridized carbons (Fsp3) is 0.520. The van der Waals surface area contributed by atoms with Gasteiger partial charge in [0.15, 0.2) is 0 Å². The number of aryl methyl sites for hydroxylation is 2. The first kappa shape index (κ1) is 24.4. The molecule has 1 aliphatic heterocycles. The van der Waals surface area contributed by atoms with Gasteiger partial charge in [-0.2, -0.15) is 0 Å². The van der Waals surface area contributed by atoms with E-state index < -0.39 is 14.8 Å². The van der Waals surface area contributed by atoms with E-state index in [0.29, 0.717) is 12.2 Å². The van der Waals surface area contributed by atoms with Crippen LogP contribution in [0.2, 0.25) is 0 Å². The zero-order chi connectivity index (χ0) is 23.7. The van der Waals surface area contributed by atoms with E-state index in [9.17, 15) is 8.42 Å². The number of rotatable bonds is 6. The Morgan fingerprint density at radius 1 is 1.00 bits per heavy atom. The van der Waals surface area contributed by atoms with Gasteiger partial charge < -0.3 is 15.0 Å². The Morgan fingerprint density at radius 2 is 1.53 bits per heavy atom. The van der Waals surface area contributed by atoms with E-state index in [4.69, 9.17) is 4.74 Å². The van der Waals surface area contributed by atoms with Crippen molar-refractivity contribution in [1.82, 2.24) is 0 Å². The van der Waals surface area contributed by atoms with Crippen LogP contribution in [0.15, 0.2) is 36.4 Å². The summed E-state index contributed by atoms with van der Waals surface area (Å²) in [4.78, 5) is 2.40. The van der Waals surface area contributed by atoms with E-state index in [1.807, 2.05) is 24.3 Å². The molecule has 7 heteroatoms. The third-order valence-electron chi connectivity index (χ3n) is 5.78. The van der Waals surface area contributed by atoms with Gasteiger partial charge >= 0.3 is 0 Å². The molecule has 6 nitrogen and oxygen atoms in total. The van der Waals surface area contributed by atoms with Crippen LogP contribution in [0.1, 0.15) is 51.3 Å². The normalized spacial score (nSPS) is 19.7. The standard InChI is InChI=1S/C25H37N3O3S/c1-17-12-23(28-15-19(3)31-20(4)16-28)13-18(2)24(17)26-14-21-8-10-22(11-9-21)27-32(29,30)25(5,6)7/h8-13,19-20,26-27H,14-16H2,1-7H3. The number of morpholine rings is 1. The summed E-state index contributed by atoms with van der Waals surface area (Å²) in [6.07, 6.45) is 0.459. The topological polar surface area (TPSA) is 70.7 Å². The molecule has 0 aliphatic carbocycles. The summed E-state index contributed by atoms with van der Waals surface area (Å²) in [5.41, 5.74) is 6.46. The number of anilines is 3. The highest BCUT2D eigenvalue weighted by Gasteiger charge is 2.28. The van der Waals surface area contributed by atoms with E-state index in [1.54, 1.807) is 20.8 Å². The molecule has 0 bridgehead atoms. The lowest BCUT2D eigenvalue weighted by Gasteiger charge is -2.37. The molecule has 0 radical (unpaired) electrons. The Hall–Kier alpha value is -2.25. The van der Waals surface area contributed by atoms with Crippen molar-refractivity contribution in [2.45, 2.75) is 72.0 Å². The summed E-state index contributed by atoms with van der Waals surface area (Å²) in [6, 6.07) is 12.0. The van der Waals surface area contributed by atoms with Crippen molar-refractivity contribution in [3.8, 4) is 0 Å². The average Bonchev–Trinajstić information content (AvgIpc) is 2.66. The van der Waals surface area contributed by atoms with Gasteiger partial charge in [0.1, 0.15) is 0 Å². The smallest absolute Gasteiger partial charge is 0.237 e. The predicted octanol–water partition coefficient (Wildman–Crippen LogP) is 5.07. The molecule has 1 aliphatic rings. The molecule has 1 heterocycles. The first-order valence-corrected chi connectivity index (χ1v) is 12.7. The molecule has 0 saturated carbocycles. The van der Waals surface area contributed by atoms with Crippen molar-refractivity contribution in [3.63, 3.8) is 0 Å². The Morgan fingerprint density at radius 3 is 2.03 bits per heavy atom. The SMILES string of the molecule is Cc1cc(N2CC(C)OC(C)C2)cc(C)c1NCc1ccc(NS(=O)(=O)C(C)(C)C)cc1. The minimum atomic E-state index is -3.43. The molecule has 1 saturated heterocycles. The van der Waals surface area contributed by atoms with Crippen molar-refractivity contribution in [1.29, 1.82) is 0 Å². The van der Waals surface area contributed by atoms with Gasteiger partial charge in [0, 0.05) is 36.7 Å². The number of hydrogen-bond acceptors (Lipinski definition) is 5. The zero-order valence-corrected chi connectivity index (χ0v) is 21.1. The highest BCUT2D eigenvalue weighted by molar-refractivity contribution is 7.94. The Kier molecular flexibility index (Phi) is 7.10. The first-order valence-electron chi connectivity index (χ1n) is 11.2. The zero-order valence-electron chi connectivity index (χ0n) is 20.3. The van der Waals surface area contributed by atoms with E-state index in [0.717, 1.165) is 24.3 Å². The second-order valence-corrected chi connectivity index (χ2v) is 12.3. The van der Waals surface area contributed by atoms with Crippen LogP contribution in [-0.2, 0) is 21.3 Å². The second kappa shape index (κ2) is 9.32. The lowest BCUT2D eigenvalue weighted by molar-refractivity contribution is -0.00522. The maximum atomic E-state index is 12.3. The van der Waals surface area contributed by atoms with E-state index >= 15 is 0 Å². The Labute approximate surface area is 193 Å². The van der Waals surface area contributed by atoms with Gasteiger partial charge in [-0.15, -0.1) is 0 Å². The van der Waals surface area contributed by atoms with E-state index in [2.05, 4.69) is 54.8 Å². The lowest BCUT2D eigenvalue weighted by Crippen LogP contribution is -2.45. The maximum Gasteiger partial charge on any atom is 0.237 e. The van der Waals surface area contributed by atoms with Crippen molar-refractivity contribution in [3.05, 3.63) is 53.1 Å². The number of hydrogen-bond donors (Lipinski definition) is 2. The van der Waals surface area contributed by atoms with Crippen molar-refractivity contribution >= 4 is 27.1 Å². The van der Waals surface area contributed by atoms with Crippen LogP contribution in [0.4, 0.5) is 17.1 Å². The number of ether oxygens (including phenoxy) is 1. The summed E-state index contributed by atoms with van der Waals surface area (Å²) in [7, 11) is -3.43. The maximum absolute atomic E-state index is 12.3. The van der Waals surface area contributed by atoms with E-state index in [-0.39, 0.29) is 12.2 Å². The van der Waals surface area contributed by atoms with Crippen LogP contribution < -0.4 is 14.9 Å². The molecule has 176 valence electrons. The molecule has 2 atom stereocenters. The van der Waals surface area contributed by atoms with Gasteiger partial charge in [0.05, 0.1) is 17.0 Å². The molecule has 2 unspecified atom stereocenters. The lowest BCUT2D eigenvalue weighted by atomic mass is 10.1. The first-order chi connectivity index (χ1) is 14.9. The minimum absolute atomic E-state index is 0.230. The van der Waals surface area contributed by atoms with Gasteiger partial charge in [0.25, 0.3) is 0 Å². The third-order valence-corrected chi connectivity index (χ3v) is 7.90. The van der Waals surface area contributed by atoms with Crippen LogP contribution in [0.3, 0.4) is 0 Å². The highest BCUT2D eigenvalue weighted by atomic mass is 32.2. The van der Waals surface area contributed by atoms with Crippen LogP contribution >= 0.6 is 0 Å². The molecule has 0 aromatic heterocycles. The summed E-state index contributed by atoms with van der Waals surface area (Å²) >= 11 is 0. The van der Waals surface area contributed by atoms with Crippen LogP contribution in [0.5, 0.6) is 0 Å². The fourth-order valence-electron chi connectivity index (χ4n) is 3.98. The molecule has 2 aromatic rings. The number of nitrogens with one attached hydrogen (secondary N) is 2. The molecule has 2 aromatic carbocycles. The van der Waals surface area contributed by atoms with Gasteiger partial charge in [-0.25, -0.2) is 8.42 Å². The summed E-state index contributed by atoms with van der Waals surface area (Å²) < 4.78 is 32.3. The molecule has 0 amide bonds. The third kappa shape index (κ3) is 5.75. The molecule has 32 heavy (non-hydrogen) atoms. The second-order valence-electron chi connectivity index (χ2n) is 9.89. The van der Waals surface area contributed by atoms with Crippen LogP contribution in [0, 0.1) is 13.8 Å². The van der Waals surface area contributed by atoms with Gasteiger partial charge in [-0.05, 0) is 89.4 Å². The fourth-order valence-corrected chi connectivity index (χ4v) is 4.73. The van der Waals surface area contributed by atoms with Crippen molar-refractivity contribution < 1.29 is 13.2 Å². The van der Waals surface area contributed by atoms with E-state index in [1.165, 1.54) is 16.8 Å². The van der Waals surface area contributed by atoms with Gasteiger partial charge in [-0.3, -0.25) is 4.72 Å². The Bertz CT molecular complexity index is 1010.